The zero-order chi connectivity index (χ0) is 14.7. The summed E-state index contributed by atoms with van der Waals surface area (Å²) in [5, 5.41) is 4.57. The number of nitrogens with zero attached hydrogens (tertiary/aromatic N) is 3. The molecule has 1 aromatic carbocycles. The van der Waals surface area contributed by atoms with Gasteiger partial charge < -0.3 is 9.88 Å². The van der Waals surface area contributed by atoms with Gasteiger partial charge in [-0.2, -0.15) is 0 Å². The van der Waals surface area contributed by atoms with E-state index in [-0.39, 0.29) is 6.04 Å². The lowest BCUT2D eigenvalue weighted by molar-refractivity contribution is 0.570. The van der Waals surface area contributed by atoms with Crippen LogP contribution in [0.4, 0.5) is 0 Å². The number of hydrogen-bond acceptors (Lipinski definition) is 3. The molecule has 0 fully saturated rings. The predicted octanol–water partition coefficient (Wildman–Crippen LogP) is 3.15. The van der Waals surface area contributed by atoms with E-state index in [2.05, 4.69) is 45.0 Å². The molecule has 1 atom stereocenters. The van der Waals surface area contributed by atoms with Crippen molar-refractivity contribution >= 4 is 10.9 Å². The average Bonchev–Trinajstić information content (AvgIpc) is 2.97. The number of nitrogens with one attached hydrogen (secondary N) is 1. The summed E-state index contributed by atoms with van der Waals surface area (Å²) in [6.07, 6.45) is 6.85. The molecule has 21 heavy (non-hydrogen) atoms. The summed E-state index contributed by atoms with van der Waals surface area (Å²) in [6.45, 7) is 3.16. The van der Waals surface area contributed by atoms with Crippen LogP contribution < -0.4 is 5.32 Å². The Morgan fingerprint density at radius 3 is 2.86 bits per heavy atom. The summed E-state index contributed by atoms with van der Waals surface area (Å²) in [7, 11) is 1.98. The summed E-state index contributed by atoms with van der Waals surface area (Å²) < 4.78 is 2.22. The van der Waals surface area contributed by atoms with E-state index in [9.17, 15) is 0 Å². The van der Waals surface area contributed by atoms with Crippen molar-refractivity contribution in [2.75, 3.05) is 7.05 Å². The van der Waals surface area contributed by atoms with Crippen LogP contribution in [-0.4, -0.2) is 21.6 Å². The van der Waals surface area contributed by atoms with Crippen LogP contribution in [0.25, 0.3) is 10.9 Å². The quantitative estimate of drug-likeness (QED) is 0.780. The van der Waals surface area contributed by atoms with Crippen molar-refractivity contribution in [1.82, 2.24) is 19.9 Å². The van der Waals surface area contributed by atoms with Crippen molar-refractivity contribution in [3.8, 4) is 0 Å². The highest BCUT2D eigenvalue weighted by Gasteiger charge is 2.19. The topological polar surface area (TPSA) is 42.7 Å². The fourth-order valence-electron chi connectivity index (χ4n) is 2.81. The van der Waals surface area contributed by atoms with Crippen LogP contribution in [0.15, 0.2) is 48.9 Å². The maximum absolute atomic E-state index is 4.57. The molecule has 0 saturated heterocycles. The average molecular weight is 280 g/mol. The number of fused-ring (bicyclic) bond motifs is 1. The molecule has 0 bridgehead atoms. The molecule has 4 nitrogen and oxygen atoms in total. The molecule has 0 amide bonds. The Balaban J connectivity index is 2.12. The number of rotatable bonds is 5. The number of aryl methyl sites for hydroxylation is 1. The van der Waals surface area contributed by atoms with Crippen LogP contribution in [0, 0.1) is 0 Å². The third-order valence-corrected chi connectivity index (χ3v) is 3.75. The van der Waals surface area contributed by atoms with Crippen LogP contribution in [0.2, 0.25) is 0 Å². The van der Waals surface area contributed by atoms with Gasteiger partial charge in [0.2, 0.25) is 0 Å². The molecule has 0 spiro atoms. The second-order valence-electron chi connectivity index (χ2n) is 5.12. The van der Waals surface area contributed by atoms with Gasteiger partial charge in [0.15, 0.2) is 0 Å². The highest BCUT2D eigenvalue weighted by Crippen LogP contribution is 2.27. The largest absolute Gasteiger partial charge is 0.333 e. The third kappa shape index (κ3) is 2.54. The Morgan fingerprint density at radius 1 is 1.14 bits per heavy atom. The van der Waals surface area contributed by atoms with Crippen molar-refractivity contribution in [2.24, 2.45) is 0 Å². The number of pyridine rings is 1. The summed E-state index contributed by atoms with van der Waals surface area (Å²) >= 11 is 0. The summed E-state index contributed by atoms with van der Waals surface area (Å²) in [5.74, 6) is 1.05. The molecule has 0 aliphatic heterocycles. The molecule has 1 unspecified atom stereocenters. The van der Waals surface area contributed by atoms with Gasteiger partial charge in [-0.3, -0.25) is 4.98 Å². The molecule has 0 aliphatic rings. The molecule has 108 valence electrons. The van der Waals surface area contributed by atoms with E-state index < -0.39 is 0 Å². The molecule has 3 rings (SSSR count). The van der Waals surface area contributed by atoms with E-state index in [1.807, 2.05) is 37.8 Å². The predicted molar refractivity (Wildman–Crippen MR) is 85.2 cm³/mol. The minimum absolute atomic E-state index is 0.0689. The monoisotopic (exact) mass is 280 g/mol. The first-order chi connectivity index (χ1) is 10.3. The van der Waals surface area contributed by atoms with Gasteiger partial charge in [-0.1, -0.05) is 25.1 Å². The van der Waals surface area contributed by atoms with Crippen molar-refractivity contribution in [3.63, 3.8) is 0 Å². The Hall–Kier alpha value is -2.20. The van der Waals surface area contributed by atoms with E-state index in [0.29, 0.717) is 0 Å². The number of benzene rings is 1. The van der Waals surface area contributed by atoms with Gasteiger partial charge in [-0.25, -0.2) is 4.98 Å². The molecule has 2 aromatic heterocycles. The van der Waals surface area contributed by atoms with E-state index in [1.165, 1.54) is 10.9 Å². The molecular weight excluding hydrogens is 260 g/mol. The van der Waals surface area contributed by atoms with Gasteiger partial charge in [0, 0.05) is 30.5 Å². The zero-order valence-corrected chi connectivity index (χ0v) is 12.5. The number of aromatic nitrogens is 3. The first kappa shape index (κ1) is 13.8. The Morgan fingerprint density at radius 2 is 2.05 bits per heavy atom. The van der Waals surface area contributed by atoms with Gasteiger partial charge in [0.05, 0.1) is 11.6 Å². The molecule has 1 N–H and O–H groups in total. The van der Waals surface area contributed by atoms with Crippen LogP contribution in [0.1, 0.15) is 30.8 Å². The van der Waals surface area contributed by atoms with Crippen molar-refractivity contribution in [3.05, 3.63) is 60.3 Å². The maximum Gasteiger partial charge on any atom is 0.130 e. The fraction of sp³-hybridized carbons (Fsp3) is 0.294. The fourth-order valence-corrected chi connectivity index (χ4v) is 2.81. The summed E-state index contributed by atoms with van der Waals surface area (Å²) in [4.78, 5) is 9.01. The number of hydrogen-bond donors (Lipinski definition) is 1. The van der Waals surface area contributed by atoms with E-state index >= 15 is 0 Å². The van der Waals surface area contributed by atoms with E-state index in [0.717, 1.165) is 24.3 Å². The summed E-state index contributed by atoms with van der Waals surface area (Å²) in [5.41, 5.74) is 2.23. The second kappa shape index (κ2) is 6.06. The maximum atomic E-state index is 4.57. The SMILES string of the molecule is CCCn1ccnc1C(NC)c1cccc2ncccc12. The van der Waals surface area contributed by atoms with Crippen LogP contribution in [0.3, 0.4) is 0 Å². The highest BCUT2D eigenvalue weighted by molar-refractivity contribution is 5.82. The van der Waals surface area contributed by atoms with Crippen LogP contribution in [-0.2, 0) is 6.54 Å². The van der Waals surface area contributed by atoms with Gasteiger partial charge >= 0.3 is 0 Å². The van der Waals surface area contributed by atoms with Gasteiger partial charge in [-0.05, 0) is 31.2 Å². The Bertz CT molecular complexity index is 727. The molecule has 3 aromatic rings. The van der Waals surface area contributed by atoms with E-state index in [4.69, 9.17) is 0 Å². The minimum atomic E-state index is 0.0689. The molecular formula is C17H20N4. The van der Waals surface area contributed by atoms with Gasteiger partial charge in [-0.15, -0.1) is 0 Å². The molecule has 0 aliphatic carbocycles. The van der Waals surface area contributed by atoms with Crippen LogP contribution in [0.5, 0.6) is 0 Å². The van der Waals surface area contributed by atoms with Crippen molar-refractivity contribution in [2.45, 2.75) is 25.9 Å². The van der Waals surface area contributed by atoms with Crippen molar-refractivity contribution in [1.29, 1.82) is 0 Å². The lowest BCUT2D eigenvalue weighted by Crippen LogP contribution is -2.22. The lowest BCUT2D eigenvalue weighted by atomic mass is 10.0. The zero-order valence-electron chi connectivity index (χ0n) is 12.5. The van der Waals surface area contributed by atoms with Crippen LogP contribution >= 0.6 is 0 Å². The molecule has 0 saturated carbocycles. The lowest BCUT2D eigenvalue weighted by Gasteiger charge is -2.19. The van der Waals surface area contributed by atoms with Gasteiger partial charge in [0.1, 0.15) is 5.82 Å². The molecule has 4 heteroatoms. The molecule has 2 heterocycles. The smallest absolute Gasteiger partial charge is 0.130 e. The Labute approximate surface area is 124 Å². The third-order valence-electron chi connectivity index (χ3n) is 3.75. The van der Waals surface area contributed by atoms with E-state index in [1.54, 1.807) is 0 Å². The normalized spacial score (nSPS) is 12.7. The second-order valence-corrected chi connectivity index (χ2v) is 5.12. The highest BCUT2D eigenvalue weighted by atomic mass is 15.1. The first-order valence-corrected chi connectivity index (χ1v) is 7.37. The molecule has 0 radical (unpaired) electrons. The number of imidazole rings is 1. The standard InChI is InChI=1S/C17H20N4/c1-3-11-21-12-10-20-17(21)16(18-2)14-6-4-8-15-13(14)7-5-9-19-15/h4-10,12,16,18H,3,11H2,1-2H3. The minimum Gasteiger partial charge on any atom is -0.333 e. The summed E-state index contributed by atoms with van der Waals surface area (Å²) in [6, 6.07) is 10.4. The Kier molecular flexibility index (Phi) is 3.97. The van der Waals surface area contributed by atoms with Gasteiger partial charge in [0.25, 0.3) is 0 Å². The van der Waals surface area contributed by atoms with Crippen molar-refractivity contribution < 1.29 is 0 Å². The first-order valence-electron chi connectivity index (χ1n) is 7.37.